The lowest BCUT2D eigenvalue weighted by Gasteiger charge is -2.19. The Bertz CT molecular complexity index is 944. The molecule has 0 spiro atoms. The number of benzene rings is 1. The van der Waals surface area contributed by atoms with Gasteiger partial charge in [-0.15, -0.1) is 0 Å². The molecule has 0 radical (unpaired) electrons. The smallest absolute Gasteiger partial charge is 0.334 e. The molecule has 0 fully saturated rings. The number of methoxy groups -OCH3 is 1. The van der Waals surface area contributed by atoms with E-state index < -0.39 is 5.97 Å². The van der Waals surface area contributed by atoms with Crippen LogP contribution in [0.3, 0.4) is 0 Å². The van der Waals surface area contributed by atoms with E-state index in [2.05, 4.69) is 31.9 Å². The Morgan fingerprint density at radius 2 is 1.87 bits per heavy atom. The van der Waals surface area contributed by atoms with Crippen LogP contribution in [-0.4, -0.2) is 36.3 Å². The molecule has 0 aliphatic heterocycles. The summed E-state index contributed by atoms with van der Waals surface area (Å²) in [7, 11) is 1.41. The highest BCUT2D eigenvalue weighted by Gasteiger charge is 2.20. The van der Waals surface area contributed by atoms with E-state index in [1.54, 1.807) is 4.68 Å². The Labute approximate surface area is 177 Å². The number of nitrogens with zero attached hydrogens (tertiary/aromatic N) is 3. The molecule has 0 atom stereocenters. The minimum Gasteiger partial charge on any atom is -0.454 e. The van der Waals surface area contributed by atoms with Crippen molar-refractivity contribution in [3.8, 4) is 6.07 Å². The highest BCUT2D eigenvalue weighted by atomic mass is 16.7. The SMILES string of the molecule is CCn1nc(C)cc1/C(OCOC(=O)COC)=C(\C#N)c1ccc(C(C)(C)C)cc1. The van der Waals surface area contributed by atoms with E-state index in [0.717, 1.165) is 11.3 Å². The number of nitriles is 1. The van der Waals surface area contributed by atoms with Crippen molar-refractivity contribution in [2.45, 2.75) is 46.6 Å². The summed E-state index contributed by atoms with van der Waals surface area (Å²) in [6.45, 7) is 10.3. The molecule has 0 aliphatic rings. The molecule has 7 nitrogen and oxygen atoms in total. The number of allylic oxidation sites excluding steroid dienone is 1. The fourth-order valence-corrected chi connectivity index (χ4v) is 2.94. The zero-order chi connectivity index (χ0) is 22.3. The molecule has 2 aromatic rings. The van der Waals surface area contributed by atoms with Gasteiger partial charge in [-0.3, -0.25) is 4.68 Å². The predicted octanol–water partition coefficient (Wildman–Crippen LogP) is 4.06. The normalized spacial score (nSPS) is 12.2. The van der Waals surface area contributed by atoms with Gasteiger partial charge in [0.15, 0.2) is 5.76 Å². The minimum atomic E-state index is -0.551. The molecular weight excluding hydrogens is 382 g/mol. The van der Waals surface area contributed by atoms with Crippen LogP contribution in [0.5, 0.6) is 0 Å². The zero-order valence-corrected chi connectivity index (χ0v) is 18.5. The highest BCUT2D eigenvalue weighted by Crippen LogP contribution is 2.30. The summed E-state index contributed by atoms with van der Waals surface area (Å²) in [6, 6.07) is 11.9. The van der Waals surface area contributed by atoms with E-state index in [9.17, 15) is 10.1 Å². The Kier molecular flexibility index (Phi) is 7.79. The van der Waals surface area contributed by atoms with Crippen molar-refractivity contribution in [2.24, 2.45) is 0 Å². The maximum Gasteiger partial charge on any atom is 0.334 e. The maximum absolute atomic E-state index is 11.6. The molecule has 1 aromatic carbocycles. The number of ether oxygens (including phenoxy) is 3. The van der Waals surface area contributed by atoms with Crippen LogP contribution in [0.2, 0.25) is 0 Å². The number of carbonyl (C=O) groups is 1. The molecule has 160 valence electrons. The van der Waals surface area contributed by atoms with Crippen molar-refractivity contribution in [3.05, 3.63) is 52.8 Å². The van der Waals surface area contributed by atoms with Crippen LogP contribution in [0.25, 0.3) is 11.3 Å². The van der Waals surface area contributed by atoms with Crippen LogP contribution in [0, 0.1) is 18.3 Å². The summed E-state index contributed by atoms with van der Waals surface area (Å²) in [5.41, 5.74) is 3.66. The number of carbonyl (C=O) groups excluding carboxylic acids is 1. The largest absolute Gasteiger partial charge is 0.454 e. The van der Waals surface area contributed by atoms with Gasteiger partial charge in [-0.2, -0.15) is 10.4 Å². The Balaban J connectivity index is 2.49. The Morgan fingerprint density at radius 3 is 2.40 bits per heavy atom. The van der Waals surface area contributed by atoms with Crippen LogP contribution >= 0.6 is 0 Å². The first-order valence-corrected chi connectivity index (χ1v) is 9.78. The number of hydrogen-bond donors (Lipinski definition) is 0. The van der Waals surface area contributed by atoms with E-state index >= 15 is 0 Å². The van der Waals surface area contributed by atoms with Crippen LogP contribution in [0.4, 0.5) is 0 Å². The summed E-state index contributed by atoms with van der Waals surface area (Å²) in [5.74, 6) is -0.237. The van der Waals surface area contributed by atoms with E-state index in [-0.39, 0.29) is 18.8 Å². The fourth-order valence-electron chi connectivity index (χ4n) is 2.94. The van der Waals surface area contributed by atoms with Gasteiger partial charge in [0.25, 0.3) is 0 Å². The molecule has 0 saturated heterocycles. The molecule has 7 heteroatoms. The number of hydrogen-bond acceptors (Lipinski definition) is 6. The second-order valence-corrected chi connectivity index (χ2v) is 7.84. The van der Waals surface area contributed by atoms with Gasteiger partial charge in [-0.25, -0.2) is 4.79 Å². The fraction of sp³-hybridized carbons (Fsp3) is 0.435. The van der Waals surface area contributed by atoms with Crippen LogP contribution < -0.4 is 0 Å². The molecule has 0 N–H and O–H groups in total. The second-order valence-electron chi connectivity index (χ2n) is 7.84. The molecule has 1 heterocycles. The summed E-state index contributed by atoms with van der Waals surface area (Å²) in [4.78, 5) is 11.6. The average Bonchev–Trinajstić information content (AvgIpc) is 3.07. The van der Waals surface area contributed by atoms with E-state index in [0.29, 0.717) is 29.1 Å². The molecule has 0 aliphatic carbocycles. The van der Waals surface area contributed by atoms with Crippen molar-refractivity contribution in [3.63, 3.8) is 0 Å². The Morgan fingerprint density at radius 1 is 1.20 bits per heavy atom. The first-order valence-electron chi connectivity index (χ1n) is 9.78. The molecule has 30 heavy (non-hydrogen) atoms. The minimum absolute atomic E-state index is 0.00186. The number of aryl methyl sites for hydroxylation is 2. The molecular formula is C23H29N3O4. The molecule has 1 aromatic heterocycles. The van der Waals surface area contributed by atoms with Crippen molar-refractivity contribution >= 4 is 17.3 Å². The first-order chi connectivity index (χ1) is 14.2. The number of aromatic nitrogens is 2. The van der Waals surface area contributed by atoms with Crippen molar-refractivity contribution in [1.29, 1.82) is 5.26 Å². The molecule has 0 bridgehead atoms. The number of esters is 1. The van der Waals surface area contributed by atoms with Crippen molar-refractivity contribution < 1.29 is 19.0 Å². The molecule has 0 saturated carbocycles. The van der Waals surface area contributed by atoms with Crippen LogP contribution in [0.15, 0.2) is 30.3 Å². The quantitative estimate of drug-likeness (QED) is 0.282. The van der Waals surface area contributed by atoms with Crippen LogP contribution in [0.1, 0.15) is 50.2 Å². The van der Waals surface area contributed by atoms with E-state index in [4.69, 9.17) is 14.2 Å². The highest BCUT2D eigenvalue weighted by molar-refractivity contribution is 5.94. The summed E-state index contributed by atoms with van der Waals surface area (Å²) >= 11 is 0. The summed E-state index contributed by atoms with van der Waals surface area (Å²) < 4.78 is 17.4. The maximum atomic E-state index is 11.6. The topological polar surface area (TPSA) is 86.4 Å². The lowest BCUT2D eigenvalue weighted by atomic mass is 9.86. The van der Waals surface area contributed by atoms with E-state index in [1.807, 2.05) is 44.2 Å². The third-order valence-corrected chi connectivity index (χ3v) is 4.50. The van der Waals surface area contributed by atoms with Crippen molar-refractivity contribution in [2.75, 3.05) is 20.5 Å². The lowest BCUT2D eigenvalue weighted by molar-refractivity contribution is -0.155. The van der Waals surface area contributed by atoms with Gasteiger partial charge in [0.1, 0.15) is 23.9 Å². The zero-order valence-electron chi connectivity index (χ0n) is 18.5. The third kappa shape index (κ3) is 5.71. The lowest BCUT2D eigenvalue weighted by Crippen LogP contribution is -2.14. The average molecular weight is 412 g/mol. The second kappa shape index (κ2) is 10.1. The van der Waals surface area contributed by atoms with Gasteiger partial charge in [0, 0.05) is 13.7 Å². The predicted molar refractivity (Wildman–Crippen MR) is 114 cm³/mol. The van der Waals surface area contributed by atoms with Gasteiger partial charge in [0.05, 0.1) is 5.69 Å². The van der Waals surface area contributed by atoms with Crippen LogP contribution in [-0.2, 0) is 31.0 Å². The Hall–Kier alpha value is -3.11. The van der Waals surface area contributed by atoms with Gasteiger partial charge >= 0.3 is 5.97 Å². The molecule has 2 rings (SSSR count). The van der Waals surface area contributed by atoms with Crippen molar-refractivity contribution in [1.82, 2.24) is 9.78 Å². The first kappa shape index (κ1) is 23.2. The molecule has 0 amide bonds. The van der Waals surface area contributed by atoms with Gasteiger partial charge < -0.3 is 14.2 Å². The van der Waals surface area contributed by atoms with Gasteiger partial charge in [-0.05, 0) is 36.5 Å². The van der Waals surface area contributed by atoms with Gasteiger partial charge in [0.2, 0.25) is 6.79 Å². The molecule has 0 unspecified atom stereocenters. The van der Waals surface area contributed by atoms with Gasteiger partial charge in [-0.1, -0.05) is 45.0 Å². The number of rotatable bonds is 8. The standard InChI is InChI=1S/C23H29N3O4/c1-7-26-20(12-16(2)25-26)22(30-15-29-21(27)14-28-6)19(13-24)17-8-10-18(11-9-17)23(3,4)5/h8-12H,7,14-15H2,1-6H3/b22-19-. The third-order valence-electron chi connectivity index (χ3n) is 4.50. The summed E-state index contributed by atoms with van der Waals surface area (Å²) in [5, 5.41) is 14.4. The van der Waals surface area contributed by atoms with E-state index in [1.165, 1.54) is 7.11 Å². The summed E-state index contributed by atoms with van der Waals surface area (Å²) in [6.07, 6.45) is 0. The monoisotopic (exact) mass is 411 g/mol.